The molecular weight excluding hydrogens is 350 g/mol. The zero-order valence-electron chi connectivity index (χ0n) is 11.8. The van der Waals surface area contributed by atoms with Gasteiger partial charge in [0.05, 0.1) is 5.56 Å². The van der Waals surface area contributed by atoms with Crippen LogP contribution in [0, 0.1) is 6.92 Å². The topological polar surface area (TPSA) is 36.4 Å². The molecule has 1 fully saturated rings. The van der Waals surface area contributed by atoms with Crippen molar-refractivity contribution in [3.63, 3.8) is 0 Å². The van der Waals surface area contributed by atoms with Gasteiger partial charge in [0.15, 0.2) is 5.13 Å². The summed E-state index contributed by atoms with van der Waals surface area (Å²) >= 11 is 5.13. The van der Waals surface area contributed by atoms with E-state index in [1.165, 1.54) is 0 Å². The van der Waals surface area contributed by atoms with Crippen molar-refractivity contribution in [1.29, 1.82) is 0 Å². The number of aromatic nitrogens is 1. The van der Waals surface area contributed by atoms with Gasteiger partial charge in [0.1, 0.15) is 0 Å². The normalized spacial score (nSPS) is 15.3. The summed E-state index contributed by atoms with van der Waals surface area (Å²) in [6, 6.07) is 5.86. The van der Waals surface area contributed by atoms with E-state index in [2.05, 4.69) is 25.8 Å². The fourth-order valence-electron chi connectivity index (χ4n) is 2.44. The van der Waals surface area contributed by atoms with Gasteiger partial charge < -0.3 is 9.80 Å². The molecule has 0 unspecified atom stereocenters. The van der Waals surface area contributed by atoms with Crippen molar-refractivity contribution in [2.75, 3.05) is 31.1 Å². The number of nitrogens with zero attached hydrogens (tertiary/aromatic N) is 3. The first-order valence-electron chi connectivity index (χ1n) is 6.85. The molecule has 0 atom stereocenters. The first kappa shape index (κ1) is 14.5. The summed E-state index contributed by atoms with van der Waals surface area (Å²) in [7, 11) is 0. The van der Waals surface area contributed by atoms with Crippen LogP contribution in [0.2, 0.25) is 0 Å². The van der Waals surface area contributed by atoms with Crippen molar-refractivity contribution in [1.82, 2.24) is 9.88 Å². The summed E-state index contributed by atoms with van der Waals surface area (Å²) < 4.78 is 0.870. The van der Waals surface area contributed by atoms with E-state index in [1.807, 2.05) is 41.6 Å². The SMILES string of the molecule is Cc1ccc(C(=O)N2CCN(c3nccs3)CC2)c(Br)c1. The van der Waals surface area contributed by atoms with Crippen molar-refractivity contribution in [3.05, 3.63) is 45.4 Å². The van der Waals surface area contributed by atoms with Crippen molar-refractivity contribution in [2.45, 2.75) is 6.92 Å². The van der Waals surface area contributed by atoms with Crippen LogP contribution >= 0.6 is 27.3 Å². The molecule has 1 saturated heterocycles. The molecule has 2 aromatic rings. The van der Waals surface area contributed by atoms with Gasteiger partial charge in [0.2, 0.25) is 0 Å². The van der Waals surface area contributed by atoms with Crippen molar-refractivity contribution >= 4 is 38.3 Å². The smallest absolute Gasteiger partial charge is 0.255 e. The van der Waals surface area contributed by atoms with E-state index in [0.717, 1.165) is 46.9 Å². The maximum absolute atomic E-state index is 12.6. The molecule has 0 aliphatic carbocycles. The van der Waals surface area contributed by atoms with E-state index in [-0.39, 0.29) is 5.91 Å². The average molecular weight is 366 g/mol. The lowest BCUT2D eigenvalue weighted by Crippen LogP contribution is -2.48. The Morgan fingerprint density at radius 3 is 2.67 bits per heavy atom. The van der Waals surface area contributed by atoms with E-state index < -0.39 is 0 Å². The number of carbonyl (C=O) groups excluding carboxylic acids is 1. The second-order valence-corrected chi connectivity index (χ2v) is 6.80. The molecule has 4 nitrogen and oxygen atoms in total. The maximum Gasteiger partial charge on any atom is 0.255 e. The number of amides is 1. The van der Waals surface area contributed by atoms with Crippen LogP contribution in [0.3, 0.4) is 0 Å². The van der Waals surface area contributed by atoms with Crippen LogP contribution in [0.5, 0.6) is 0 Å². The molecule has 2 heterocycles. The Morgan fingerprint density at radius 1 is 1.29 bits per heavy atom. The number of aryl methyl sites for hydroxylation is 1. The van der Waals surface area contributed by atoms with Crippen LogP contribution in [0.1, 0.15) is 15.9 Å². The number of hydrogen-bond acceptors (Lipinski definition) is 4. The maximum atomic E-state index is 12.6. The van der Waals surface area contributed by atoms with Gasteiger partial charge in [-0.05, 0) is 40.5 Å². The molecule has 0 spiro atoms. The highest BCUT2D eigenvalue weighted by molar-refractivity contribution is 9.10. The first-order chi connectivity index (χ1) is 10.1. The molecule has 6 heteroatoms. The highest BCUT2D eigenvalue weighted by atomic mass is 79.9. The van der Waals surface area contributed by atoms with Crippen molar-refractivity contribution in [2.24, 2.45) is 0 Å². The second kappa shape index (κ2) is 6.15. The van der Waals surface area contributed by atoms with Gasteiger partial charge in [-0.2, -0.15) is 0 Å². The lowest BCUT2D eigenvalue weighted by Gasteiger charge is -2.34. The van der Waals surface area contributed by atoms with Crippen molar-refractivity contribution in [3.8, 4) is 0 Å². The molecule has 0 saturated carbocycles. The number of halogens is 1. The van der Waals surface area contributed by atoms with Gasteiger partial charge in [-0.15, -0.1) is 11.3 Å². The predicted molar refractivity (Wildman–Crippen MR) is 89.1 cm³/mol. The number of thiazole rings is 1. The molecule has 0 N–H and O–H groups in total. The predicted octanol–water partition coefficient (Wildman–Crippen LogP) is 3.18. The first-order valence-corrected chi connectivity index (χ1v) is 8.52. The minimum atomic E-state index is 0.0978. The lowest BCUT2D eigenvalue weighted by atomic mass is 10.1. The quantitative estimate of drug-likeness (QED) is 0.819. The third-order valence-electron chi connectivity index (χ3n) is 3.61. The third kappa shape index (κ3) is 3.11. The number of carbonyl (C=O) groups is 1. The molecule has 0 bridgehead atoms. The molecule has 3 rings (SSSR count). The standard InChI is InChI=1S/C15H16BrN3OS/c1-11-2-3-12(13(16)10-11)14(20)18-5-7-19(8-6-18)15-17-4-9-21-15/h2-4,9-10H,5-8H2,1H3. The Kier molecular flexibility index (Phi) is 4.26. The number of benzene rings is 1. The van der Waals surface area contributed by atoms with E-state index in [4.69, 9.17) is 0 Å². The Morgan fingerprint density at radius 2 is 2.05 bits per heavy atom. The van der Waals surface area contributed by atoms with Gasteiger partial charge in [0.25, 0.3) is 5.91 Å². The van der Waals surface area contributed by atoms with Crippen LogP contribution in [0.15, 0.2) is 34.2 Å². The molecular formula is C15H16BrN3OS. The fourth-order valence-corrected chi connectivity index (χ4v) is 3.80. The highest BCUT2D eigenvalue weighted by Gasteiger charge is 2.24. The Hall–Kier alpha value is -1.40. The van der Waals surface area contributed by atoms with Gasteiger partial charge >= 0.3 is 0 Å². The van der Waals surface area contributed by atoms with Gasteiger partial charge in [0, 0.05) is 42.2 Å². The van der Waals surface area contributed by atoms with Crippen LogP contribution in [-0.2, 0) is 0 Å². The van der Waals surface area contributed by atoms with E-state index in [0.29, 0.717) is 0 Å². The monoisotopic (exact) mass is 365 g/mol. The van der Waals surface area contributed by atoms with Crippen LogP contribution in [0.25, 0.3) is 0 Å². The van der Waals surface area contributed by atoms with Crippen LogP contribution < -0.4 is 4.90 Å². The number of rotatable bonds is 2. The summed E-state index contributed by atoms with van der Waals surface area (Å²) in [5, 5.41) is 3.02. The number of anilines is 1. The second-order valence-electron chi connectivity index (χ2n) is 5.08. The lowest BCUT2D eigenvalue weighted by molar-refractivity contribution is 0.0746. The van der Waals surface area contributed by atoms with Crippen LogP contribution in [0.4, 0.5) is 5.13 Å². The summed E-state index contributed by atoms with van der Waals surface area (Å²) in [5.74, 6) is 0.0978. The van der Waals surface area contributed by atoms with E-state index in [9.17, 15) is 4.79 Å². The molecule has 1 aromatic heterocycles. The highest BCUT2D eigenvalue weighted by Crippen LogP contribution is 2.22. The molecule has 1 aromatic carbocycles. The van der Waals surface area contributed by atoms with Gasteiger partial charge in [-0.25, -0.2) is 4.98 Å². The molecule has 0 radical (unpaired) electrons. The Labute approximate surface area is 136 Å². The molecule has 1 aliphatic rings. The average Bonchev–Trinajstić information content (AvgIpc) is 3.01. The Balaban J connectivity index is 1.67. The minimum Gasteiger partial charge on any atom is -0.345 e. The zero-order chi connectivity index (χ0) is 14.8. The van der Waals surface area contributed by atoms with Gasteiger partial charge in [-0.1, -0.05) is 6.07 Å². The number of piperazine rings is 1. The summed E-state index contributed by atoms with van der Waals surface area (Å²) in [6.07, 6.45) is 1.82. The van der Waals surface area contributed by atoms with Crippen molar-refractivity contribution < 1.29 is 4.79 Å². The van der Waals surface area contributed by atoms with E-state index in [1.54, 1.807) is 11.3 Å². The summed E-state index contributed by atoms with van der Waals surface area (Å²) in [6.45, 7) is 5.16. The fraction of sp³-hybridized carbons (Fsp3) is 0.333. The van der Waals surface area contributed by atoms with Crippen LogP contribution in [-0.4, -0.2) is 42.0 Å². The molecule has 110 valence electrons. The summed E-state index contributed by atoms with van der Waals surface area (Å²) in [4.78, 5) is 21.1. The van der Waals surface area contributed by atoms with Gasteiger partial charge in [-0.3, -0.25) is 4.79 Å². The molecule has 1 aliphatic heterocycles. The zero-order valence-corrected chi connectivity index (χ0v) is 14.2. The third-order valence-corrected chi connectivity index (χ3v) is 5.10. The summed E-state index contributed by atoms with van der Waals surface area (Å²) in [5.41, 5.74) is 1.88. The molecule has 21 heavy (non-hydrogen) atoms. The van der Waals surface area contributed by atoms with E-state index >= 15 is 0 Å². The number of hydrogen-bond donors (Lipinski definition) is 0. The Bertz CT molecular complexity index is 636. The largest absolute Gasteiger partial charge is 0.345 e. The minimum absolute atomic E-state index is 0.0978. The molecule has 1 amide bonds.